The molecule has 0 aliphatic rings. The summed E-state index contributed by atoms with van der Waals surface area (Å²) in [5.41, 5.74) is 5.00. The predicted molar refractivity (Wildman–Crippen MR) is 111 cm³/mol. The van der Waals surface area contributed by atoms with Crippen molar-refractivity contribution in [1.82, 2.24) is 14.6 Å². The minimum atomic E-state index is 0.583. The molecule has 0 bridgehead atoms. The van der Waals surface area contributed by atoms with Crippen molar-refractivity contribution in [1.29, 1.82) is 0 Å². The van der Waals surface area contributed by atoms with Crippen LogP contribution < -0.4 is 14.2 Å². The standard InChI is InChI=1S/C22H27N3O3/c1-6-7-8-17-14-18(25-21(24-17)9-10-23-25)15(2)11-16-12-19(26-3)22(28-5)20(13-16)27-4/h9-14H,6-8H2,1-5H3/b15-11-. The molecule has 28 heavy (non-hydrogen) atoms. The number of hydrogen-bond donors (Lipinski definition) is 0. The summed E-state index contributed by atoms with van der Waals surface area (Å²) in [6.45, 7) is 4.26. The van der Waals surface area contributed by atoms with Crippen LogP contribution in [0.15, 0.2) is 30.5 Å². The number of unbranched alkanes of at least 4 members (excludes halogenated alkanes) is 1. The van der Waals surface area contributed by atoms with Crippen molar-refractivity contribution in [2.75, 3.05) is 21.3 Å². The number of aryl methyl sites for hydroxylation is 1. The van der Waals surface area contributed by atoms with E-state index in [0.717, 1.165) is 47.4 Å². The first-order valence-electron chi connectivity index (χ1n) is 9.43. The summed E-state index contributed by atoms with van der Waals surface area (Å²) in [4.78, 5) is 4.72. The Bertz CT molecular complexity index is 967. The Morgan fingerprint density at radius 1 is 1.07 bits per heavy atom. The van der Waals surface area contributed by atoms with Gasteiger partial charge in [-0.1, -0.05) is 13.3 Å². The third-order valence-electron chi connectivity index (χ3n) is 4.67. The Kier molecular flexibility index (Phi) is 6.19. The maximum atomic E-state index is 5.47. The molecule has 0 saturated carbocycles. The SMILES string of the molecule is CCCCc1cc(/C(C)=C\c2cc(OC)c(OC)c(OC)c2)n2nccc2n1. The van der Waals surface area contributed by atoms with Crippen molar-refractivity contribution >= 4 is 17.3 Å². The first-order valence-corrected chi connectivity index (χ1v) is 9.43. The van der Waals surface area contributed by atoms with Crippen molar-refractivity contribution < 1.29 is 14.2 Å². The average Bonchev–Trinajstić information content (AvgIpc) is 3.19. The molecule has 2 aromatic heterocycles. The van der Waals surface area contributed by atoms with Gasteiger partial charge in [-0.2, -0.15) is 5.10 Å². The van der Waals surface area contributed by atoms with E-state index < -0.39 is 0 Å². The number of benzene rings is 1. The first kappa shape index (κ1) is 19.7. The van der Waals surface area contributed by atoms with E-state index >= 15 is 0 Å². The van der Waals surface area contributed by atoms with Crippen LogP contribution in [0, 0.1) is 0 Å². The molecule has 0 radical (unpaired) electrons. The lowest BCUT2D eigenvalue weighted by Gasteiger charge is -2.13. The van der Waals surface area contributed by atoms with E-state index in [2.05, 4.69) is 31.1 Å². The second-order valence-corrected chi connectivity index (χ2v) is 6.62. The van der Waals surface area contributed by atoms with Gasteiger partial charge in [0.15, 0.2) is 17.1 Å². The first-order chi connectivity index (χ1) is 13.6. The Morgan fingerprint density at radius 2 is 1.79 bits per heavy atom. The van der Waals surface area contributed by atoms with E-state index in [1.54, 1.807) is 27.5 Å². The molecule has 0 fully saturated rings. The summed E-state index contributed by atoms with van der Waals surface area (Å²) in [7, 11) is 4.84. The van der Waals surface area contributed by atoms with E-state index in [0.29, 0.717) is 17.2 Å². The Balaban J connectivity index is 2.07. The number of hydrogen-bond acceptors (Lipinski definition) is 5. The topological polar surface area (TPSA) is 57.9 Å². The zero-order valence-electron chi connectivity index (χ0n) is 17.2. The van der Waals surface area contributed by atoms with Gasteiger partial charge in [-0.15, -0.1) is 0 Å². The van der Waals surface area contributed by atoms with Gasteiger partial charge in [-0.25, -0.2) is 9.50 Å². The van der Waals surface area contributed by atoms with Gasteiger partial charge in [0.25, 0.3) is 0 Å². The fourth-order valence-corrected chi connectivity index (χ4v) is 3.24. The van der Waals surface area contributed by atoms with E-state index in [1.807, 2.05) is 22.7 Å². The monoisotopic (exact) mass is 381 g/mol. The summed E-state index contributed by atoms with van der Waals surface area (Å²) < 4.78 is 18.2. The Morgan fingerprint density at radius 3 is 2.39 bits per heavy atom. The lowest BCUT2D eigenvalue weighted by atomic mass is 10.1. The highest BCUT2D eigenvalue weighted by Crippen LogP contribution is 2.39. The molecular formula is C22H27N3O3. The highest BCUT2D eigenvalue weighted by Gasteiger charge is 2.13. The minimum absolute atomic E-state index is 0.583. The molecule has 148 valence electrons. The zero-order valence-corrected chi connectivity index (χ0v) is 17.2. The van der Waals surface area contributed by atoms with E-state index in [-0.39, 0.29) is 0 Å². The molecular weight excluding hydrogens is 354 g/mol. The maximum Gasteiger partial charge on any atom is 0.203 e. The fourth-order valence-electron chi connectivity index (χ4n) is 3.24. The maximum absolute atomic E-state index is 5.47. The van der Waals surface area contributed by atoms with Crippen LogP contribution in [0.25, 0.3) is 17.3 Å². The Labute approximate surface area is 165 Å². The molecule has 0 spiro atoms. The molecule has 0 amide bonds. The highest BCUT2D eigenvalue weighted by atomic mass is 16.5. The number of methoxy groups -OCH3 is 3. The van der Waals surface area contributed by atoms with Crippen LogP contribution in [0.4, 0.5) is 0 Å². The Hall–Kier alpha value is -3.02. The molecule has 0 N–H and O–H groups in total. The van der Waals surface area contributed by atoms with Crippen molar-refractivity contribution in [3.05, 3.63) is 47.4 Å². The largest absolute Gasteiger partial charge is 0.493 e. The molecule has 6 heteroatoms. The van der Waals surface area contributed by atoms with Gasteiger partial charge < -0.3 is 14.2 Å². The van der Waals surface area contributed by atoms with E-state index in [1.165, 1.54) is 0 Å². The van der Waals surface area contributed by atoms with Crippen LogP contribution in [0.2, 0.25) is 0 Å². The van der Waals surface area contributed by atoms with Gasteiger partial charge in [0, 0.05) is 11.8 Å². The molecule has 0 unspecified atom stereocenters. The highest BCUT2D eigenvalue weighted by molar-refractivity contribution is 5.81. The van der Waals surface area contributed by atoms with Crippen molar-refractivity contribution in [3.8, 4) is 17.2 Å². The molecule has 0 saturated heterocycles. The molecule has 0 atom stereocenters. The number of aromatic nitrogens is 3. The average molecular weight is 381 g/mol. The van der Waals surface area contributed by atoms with Crippen molar-refractivity contribution in [3.63, 3.8) is 0 Å². The summed E-state index contributed by atoms with van der Waals surface area (Å²) in [5, 5.41) is 4.44. The van der Waals surface area contributed by atoms with Crippen molar-refractivity contribution in [2.45, 2.75) is 33.1 Å². The number of allylic oxidation sites excluding steroid dienone is 1. The van der Waals surface area contributed by atoms with Gasteiger partial charge in [0.05, 0.1) is 33.2 Å². The third kappa shape index (κ3) is 3.96. The molecule has 0 aliphatic heterocycles. The fraction of sp³-hybridized carbons (Fsp3) is 0.364. The van der Waals surface area contributed by atoms with Crippen LogP contribution in [-0.2, 0) is 6.42 Å². The van der Waals surface area contributed by atoms with Gasteiger partial charge >= 0.3 is 0 Å². The molecule has 0 aliphatic carbocycles. The molecule has 2 heterocycles. The van der Waals surface area contributed by atoms with Crippen LogP contribution in [0.5, 0.6) is 17.2 Å². The lowest BCUT2D eigenvalue weighted by Crippen LogP contribution is -2.02. The second-order valence-electron chi connectivity index (χ2n) is 6.62. The predicted octanol–water partition coefficient (Wildman–Crippen LogP) is 4.66. The summed E-state index contributed by atoms with van der Waals surface area (Å²) >= 11 is 0. The summed E-state index contributed by atoms with van der Waals surface area (Å²) in [6.07, 6.45) is 7.09. The third-order valence-corrected chi connectivity index (χ3v) is 4.67. The summed E-state index contributed by atoms with van der Waals surface area (Å²) in [6, 6.07) is 7.93. The molecule has 1 aromatic carbocycles. The molecule has 3 aromatic rings. The summed E-state index contributed by atoms with van der Waals surface area (Å²) in [5.74, 6) is 1.84. The number of rotatable bonds is 8. The van der Waals surface area contributed by atoms with Crippen LogP contribution in [-0.4, -0.2) is 35.9 Å². The van der Waals surface area contributed by atoms with Crippen LogP contribution in [0.1, 0.15) is 43.6 Å². The quantitative estimate of drug-likeness (QED) is 0.568. The van der Waals surface area contributed by atoms with E-state index in [9.17, 15) is 0 Å². The van der Waals surface area contributed by atoms with Crippen LogP contribution >= 0.6 is 0 Å². The van der Waals surface area contributed by atoms with Gasteiger partial charge in [-0.05, 0) is 55.2 Å². The van der Waals surface area contributed by atoms with Gasteiger partial charge in [0.2, 0.25) is 5.75 Å². The zero-order chi connectivity index (χ0) is 20.1. The molecule has 6 nitrogen and oxygen atoms in total. The second kappa shape index (κ2) is 8.78. The number of ether oxygens (including phenoxy) is 3. The number of fused-ring (bicyclic) bond motifs is 1. The van der Waals surface area contributed by atoms with Gasteiger partial charge in [0.1, 0.15) is 0 Å². The lowest BCUT2D eigenvalue weighted by molar-refractivity contribution is 0.324. The van der Waals surface area contributed by atoms with Gasteiger partial charge in [-0.3, -0.25) is 0 Å². The minimum Gasteiger partial charge on any atom is -0.493 e. The normalized spacial score (nSPS) is 11.7. The van der Waals surface area contributed by atoms with Crippen LogP contribution in [0.3, 0.4) is 0 Å². The van der Waals surface area contributed by atoms with E-state index in [4.69, 9.17) is 19.2 Å². The smallest absolute Gasteiger partial charge is 0.203 e. The molecule has 3 rings (SSSR count). The van der Waals surface area contributed by atoms with Crippen molar-refractivity contribution in [2.24, 2.45) is 0 Å². The number of nitrogens with zero attached hydrogens (tertiary/aromatic N) is 3.